The molecule has 1 fully saturated rings. The van der Waals surface area contributed by atoms with Gasteiger partial charge in [0, 0.05) is 44.6 Å². The van der Waals surface area contributed by atoms with Crippen LogP contribution in [0.1, 0.15) is 46.5 Å². The van der Waals surface area contributed by atoms with Gasteiger partial charge in [0.15, 0.2) is 0 Å². The molecule has 1 heterocycles. The summed E-state index contributed by atoms with van der Waals surface area (Å²) in [5, 5.41) is 6.25. The molecule has 0 unspecified atom stereocenters. The zero-order valence-corrected chi connectivity index (χ0v) is 12.4. The molecule has 0 aromatic carbocycles. The van der Waals surface area contributed by atoms with Crippen molar-refractivity contribution in [2.45, 2.75) is 58.5 Å². The minimum Gasteiger partial charge on any atom is -0.353 e. The average Bonchev–Trinajstić information content (AvgIpc) is 2.38. The Morgan fingerprint density at radius 3 is 2.42 bits per heavy atom. The van der Waals surface area contributed by atoms with Crippen molar-refractivity contribution in [3.63, 3.8) is 0 Å². The summed E-state index contributed by atoms with van der Waals surface area (Å²) in [7, 11) is 0. The van der Waals surface area contributed by atoms with Crippen LogP contribution in [0.4, 0.5) is 0 Å². The first-order valence-corrected chi connectivity index (χ1v) is 7.33. The summed E-state index contributed by atoms with van der Waals surface area (Å²) in [6.45, 7) is 8.27. The lowest BCUT2D eigenvalue weighted by Gasteiger charge is -2.32. The van der Waals surface area contributed by atoms with Crippen molar-refractivity contribution in [3.05, 3.63) is 0 Å². The first-order valence-electron chi connectivity index (χ1n) is 7.33. The maximum absolute atomic E-state index is 12.0. The van der Waals surface area contributed by atoms with E-state index >= 15 is 0 Å². The van der Waals surface area contributed by atoms with Crippen molar-refractivity contribution in [2.75, 3.05) is 19.6 Å². The molecule has 1 rings (SSSR count). The number of nitrogens with one attached hydrogen (secondary N) is 2. The highest BCUT2D eigenvalue weighted by atomic mass is 16.2. The molecule has 2 N–H and O–H groups in total. The normalized spacial score (nSPS) is 16.7. The van der Waals surface area contributed by atoms with E-state index in [1.54, 1.807) is 0 Å². The van der Waals surface area contributed by atoms with Gasteiger partial charge in [-0.3, -0.25) is 9.59 Å². The van der Waals surface area contributed by atoms with E-state index < -0.39 is 0 Å². The Bertz CT molecular complexity index is 297. The molecule has 0 bridgehead atoms. The number of rotatable bonds is 6. The molecular weight excluding hydrogens is 242 g/mol. The van der Waals surface area contributed by atoms with Gasteiger partial charge in [0.2, 0.25) is 11.8 Å². The molecule has 1 aliphatic rings. The van der Waals surface area contributed by atoms with Crippen molar-refractivity contribution >= 4 is 11.8 Å². The van der Waals surface area contributed by atoms with Gasteiger partial charge in [-0.2, -0.15) is 0 Å². The van der Waals surface area contributed by atoms with E-state index in [2.05, 4.69) is 24.5 Å². The first-order chi connectivity index (χ1) is 9.02. The number of hydrogen-bond donors (Lipinski definition) is 2. The van der Waals surface area contributed by atoms with Gasteiger partial charge in [-0.15, -0.1) is 0 Å². The quantitative estimate of drug-likeness (QED) is 0.753. The number of carbonyl (C=O) groups is 2. The van der Waals surface area contributed by atoms with E-state index in [0.29, 0.717) is 18.9 Å². The SMILES string of the molecule is CCC(=O)NC1CCN(C(=O)CCNC(C)C)CC1. The van der Waals surface area contributed by atoms with Gasteiger partial charge in [-0.1, -0.05) is 20.8 Å². The minimum atomic E-state index is 0.103. The topological polar surface area (TPSA) is 61.4 Å². The Hall–Kier alpha value is -1.10. The first kappa shape index (κ1) is 16.0. The Balaban J connectivity index is 2.21. The summed E-state index contributed by atoms with van der Waals surface area (Å²) < 4.78 is 0. The van der Waals surface area contributed by atoms with Crippen LogP contribution in [-0.2, 0) is 9.59 Å². The third-order valence-electron chi connectivity index (χ3n) is 3.43. The highest BCUT2D eigenvalue weighted by molar-refractivity contribution is 5.77. The van der Waals surface area contributed by atoms with E-state index in [4.69, 9.17) is 0 Å². The second-order valence-corrected chi connectivity index (χ2v) is 5.43. The molecule has 1 saturated heterocycles. The van der Waals surface area contributed by atoms with Gasteiger partial charge >= 0.3 is 0 Å². The second-order valence-electron chi connectivity index (χ2n) is 5.43. The van der Waals surface area contributed by atoms with Crippen molar-refractivity contribution in [3.8, 4) is 0 Å². The smallest absolute Gasteiger partial charge is 0.223 e. The lowest BCUT2D eigenvalue weighted by atomic mass is 10.0. The molecule has 19 heavy (non-hydrogen) atoms. The Kier molecular flexibility index (Phi) is 6.84. The molecular formula is C14H27N3O2. The molecule has 0 aromatic heterocycles. The summed E-state index contributed by atoms with van der Waals surface area (Å²) in [6.07, 6.45) is 2.83. The number of carbonyl (C=O) groups excluding carboxylic acids is 2. The molecule has 5 nitrogen and oxygen atoms in total. The fourth-order valence-corrected chi connectivity index (χ4v) is 2.23. The van der Waals surface area contributed by atoms with E-state index in [1.165, 1.54) is 0 Å². The summed E-state index contributed by atoms with van der Waals surface area (Å²) in [5.74, 6) is 0.319. The fourth-order valence-electron chi connectivity index (χ4n) is 2.23. The molecule has 110 valence electrons. The molecule has 0 saturated carbocycles. The van der Waals surface area contributed by atoms with E-state index in [0.717, 1.165) is 32.5 Å². The molecule has 2 amide bonds. The van der Waals surface area contributed by atoms with Crippen LogP contribution in [0, 0.1) is 0 Å². The van der Waals surface area contributed by atoms with Crippen LogP contribution in [0.25, 0.3) is 0 Å². The van der Waals surface area contributed by atoms with Gasteiger partial charge in [-0.25, -0.2) is 0 Å². The number of amides is 2. The third kappa shape index (κ3) is 6.05. The largest absolute Gasteiger partial charge is 0.353 e. The predicted octanol–water partition coefficient (Wildman–Crippen LogP) is 0.892. The van der Waals surface area contributed by atoms with Gasteiger partial charge in [-0.05, 0) is 12.8 Å². The van der Waals surface area contributed by atoms with Crippen molar-refractivity contribution in [2.24, 2.45) is 0 Å². The number of hydrogen-bond acceptors (Lipinski definition) is 3. The monoisotopic (exact) mass is 269 g/mol. The average molecular weight is 269 g/mol. The summed E-state index contributed by atoms with van der Waals surface area (Å²) in [6, 6.07) is 0.660. The van der Waals surface area contributed by atoms with Crippen LogP contribution in [0.3, 0.4) is 0 Å². The van der Waals surface area contributed by atoms with Crippen LogP contribution in [0.2, 0.25) is 0 Å². The molecule has 0 radical (unpaired) electrons. The van der Waals surface area contributed by atoms with Crippen molar-refractivity contribution < 1.29 is 9.59 Å². The van der Waals surface area contributed by atoms with Gasteiger partial charge < -0.3 is 15.5 Å². The highest BCUT2D eigenvalue weighted by Crippen LogP contribution is 2.11. The molecule has 0 spiro atoms. The highest BCUT2D eigenvalue weighted by Gasteiger charge is 2.23. The standard InChI is InChI=1S/C14H27N3O2/c1-4-13(18)16-12-6-9-17(10-7-12)14(19)5-8-15-11(2)3/h11-12,15H,4-10H2,1-3H3,(H,16,18). The molecule has 0 aromatic rings. The van der Waals surface area contributed by atoms with Gasteiger partial charge in [0.05, 0.1) is 0 Å². The second kappa shape index (κ2) is 8.15. The summed E-state index contributed by atoms with van der Waals surface area (Å²) in [4.78, 5) is 25.2. The zero-order chi connectivity index (χ0) is 14.3. The predicted molar refractivity (Wildman–Crippen MR) is 75.8 cm³/mol. The van der Waals surface area contributed by atoms with Gasteiger partial charge in [0.25, 0.3) is 0 Å². The fraction of sp³-hybridized carbons (Fsp3) is 0.857. The molecule has 5 heteroatoms. The van der Waals surface area contributed by atoms with Gasteiger partial charge in [0.1, 0.15) is 0 Å². The molecule has 1 aliphatic heterocycles. The van der Waals surface area contributed by atoms with Crippen LogP contribution in [-0.4, -0.2) is 48.4 Å². The van der Waals surface area contributed by atoms with E-state index in [9.17, 15) is 9.59 Å². The van der Waals surface area contributed by atoms with Crippen molar-refractivity contribution in [1.29, 1.82) is 0 Å². The lowest BCUT2D eigenvalue weighted by Crippen LogP contribution is -2.46. The number of piperidine rings is 1. The van der Waals surface area contributed by atoms with Crippen LogP contribution in [0.5, 0.6) is 0 Å². The van der Waals surface area contributed by atoms with Crippen LogP contribution >= 0.6 is 0 Å². The lowest BCUT2D eigenvalue weighted by molar-refractivity contribution is -0.132. The maximum atomic E-state index is 12.0. The number of nitrogens with zero attached hydrogens (tertiary/aromatic N) is 1. The Labute approximate surface area is 116 Å². The Morgan fingerprint density at radius 2 is 1.89 bits per heavy atom. The minimum absolute atomic E-state index is 0.103. The van der Waals surface area contributed by atoms with E-state index in [1.807, 2.05) is 11.8 Å². The summed E-state index contributed by atoms with van der Waals surface area (Å²) >= 11 is 0. The van der Waals surface area contributed by atoms with E-state index in [-0.39, 0.29) is 17.9 Å². The zero-order valence-electron chi connectivity index (χ0n) is 12.4. The van der Waals surface area contributed by atoms with Crippen LogP contribution in [0.15, 0.2) is 0 Å². The Morgan fingerprint density at radius 1 is 1.26 bits per heavy atom. The molecule has 0 aliphatic carbocycles. The number of likely N-dealkylation sites (tertiary alicyclic amines) is 1. The molecule has 0 atom stereocenters. The third-order valence-corrected chi connectivity index (χ3v) is 3.43. The van der Waals surface area contributed by atoms with Crippen LogP contribution < -0.4 is 10.6 Å². The van der Waals surface area contributed by atoms with Crippen molar-refractivity contribution in [1.82, 2.24) is 15.5 Å². The summed E-state index contributed by atoms with van der Waals surface area (Å²) in [5.41, 5.74) is 0. The maximum Gasteiger partial charge on any atom is 0.223 e.